The number of carboxylic acids is 1. The third-order valence-electron chi connectivity index (χ3n) is 5.42. The predicted octanol–water partition coefficient (Wildman–Crippen LogP) is 4.30. The van der Waals surface area contributed by atoms with Crippen molar-refractivity contribution >= 4 is 17.5 Å². The molecule has 7 nitrogen and oxygen atoms in total. The number of carboxylic acid groups (broad SMARTS) is 1. The van der Waals surface area contributed by atoms with Crippen LogP contribution in [0.1, 0.15) is 44.2 Å². The highest BCUT2D eigenvalue weighted by Crippen LogP contribution is 2.26. The number of hydrogen-bond acceptors (Lipinski definition) is 6. The lowest BCUT2D eigenvalue weighted by atomic mass is 9.83. The molecule has 33 heavy (non-hydrogen) atoms. The average molecular weight is 450 g/mol. The molecule has 0 bridgehead atoms. The fraction of sp³-hybridized carbons (Fsp3) is 0.346. The molecular formula is C26H35N5O2. The van der Waals surface area contributed by atoms with Gasteiger partial charge in [-0.1, -0.05) is 67.6 Å². The van der Waals surface area contributed by atoms with Gasteiger partial charge in [-0.3, -0.25) is 4.79 Å². The van der Waals surface area contributed by atoms with E-state index in [2.05, 4.69) is 27.5 Å². The van der Waals surface area contributed by atoms with E-state index in [0.717, 1.165) is 42.9 Å². The van der Waals surface area contributed by atoms with Crippen LogP contribution in [0.25, 0.3) is 0 Å². The fourth-order valence-corrected chi connectivity index (χ4v) is 3.09. The minimum Gasteiger partial charge on any atom is -0.481 e. The Morgan fingerprint density at radius 2 is 1.76 bits per heavy atom. The van der Waals surface area contributed by atoms with Crippen LogP contribution >= 0.6 is 0 Å². The van der Waals surface area contributed by atoms with Crippen molar-refractivity contribution in [1.29, 1.82) is 0 Å². The van der Waals surface area contributed by atoms with Crippen molar-refractivity contribution < 1.29 is 9.90 Å². The topological polar surface area (TPSA) is 113 Å². The van der Waals surface area contributed by atoms with Crippen LogP contribution in [0.3, 0.4) is 0 Å². The zero-order chi connectivity index (χ0) is 24.1. The average Bonchev–Trinajstić information content (AvgIpc) is 2.83. The normalized spacial score (nSPS) is 11.7. The highest BCUT2D eigenvalue weighted by atomic mass is 16.4. The largest absolute Gasteiger partial charge is 0.481 e. The lowest BCUT2D eigenvalue weighted by Gasteiger charge is -2.22. The highest BCUT2D eigenvalue weighted by molar-refractivity contribution is 5.80. The molecule has 0 fully saturated rings. The molecule has 3 rings (SSSR count). The number of nitrogens with one attached hydrogen (secondary N) is 2. The Morgan fingerprint density at radius 1 is 1.09 bits per heavy atom. The standard InChI is InChI=1S/C20H29N5O2.C6H6/c1-14(15-6-4-7-16(10-15)20(2,3)19(26)27)11-22-8-5-9-24-17-12-23-13-25-18(17)21;1-2-4-6-5-3-1/h4,6-7,10,12-14,22,24H,5,8-9,11H2,1-3H3,(H,26,27)(H2,21,23,25);1-6H. The Balaban J connectivity index is 0.000000554. The Bertz CT molecular complexity index is 952. The molecule has 3 aromatic rings. The van der Waals surface area contributed by atoms with Crippen molar-refractivity contribution in [3.05, 3.63) is 84.3 Å². The van der Waals surface area contributed by atoms with E-state index in [1.165, 1.54) is 6.33 Å². The molecule has 2 aromatic carbocycles. The van der Waals surface area contributed by atoms with Crippen LogP contribution < -0.4 is 16.4 Å². The Kier molecular flexibility index (Phi) is 10.3. The summed E-state index contributed by atoms with van der Waals surface area (Å²) in [5.74, 6) is -0.0706. The van der Waals surface area contributed by atoms with Gasteiger partial charge >= 0.3 is 5.97 Å². The summed E-state index contributed by atoms with van der Waals surface area (Å²) in [7, 11) is 0. The first-order chi connectivity index (χ1) is 15.8. The van der Waals surface area contributed by atoms with Crippen molar-refractivity contribution in [3.63, 3.8) is 0 Å². The number of benzene rings is 2. The first-order valence-electron chi connectivity index (χ1n) is 11.2. The number of rotatable bonds is 10. The van der Waals surface area contributed by atoms with Crippen LogP contribution in [0.4, 0.5) is 11.5 Å². The summed E-state index contributed by atoms with van der Waals surface area (Å²) in [5.41, 5.74) is 7.59. The summed E-state index contributed by atoms with van der Waals surface area (Å²) >= 11 is 0. The van der Waals surface area contributed by atoms with E-state index < -0.39 is 11.4 Å². The quantitative estimate of drug-likeness (QED) is 0.341. The van der Waals surface area contributed by atoms with Crippen molar-refractivity contribution in [3.8, 4) is 0 Å². The number of nitrogen functional groups attached to an aromatic ring is 1. The summed E-state index contributed by atoms with van der Waals surface area (Å²) in [4.78, 5) is 19.3. The molecule has 1 atom stereocenters. The Labute approximate surface area is 196 Å². The van der Waals surface area contributed by atoms with E-state index >= 15 is 0 Å². The first kappa shape index (κ1) is 25.8. The van der Waals surface area contributed by atoms with Crippen molar-refractivity contribution in [1.82, 2.24) is 15.3 Å². The number of aliphatic carboxylic acids is 1. The van der Waals surface area contributed by atoms with E-state index in [-0.39, 0.29) is 0 Å². The molecule has 0 aliphatic carbocycles. The second kappa shape index (κ2) is 13.2. The summed E-state index contributed by atoms with van der Waals surface area (Å²) < 4.78 is 0. The Morgan fingerprint density at radius 3 is 2.36 bits per heavy atom. The number of aromatic nitrogens is 2. The van der Waals surface area contributed by atoms with Crippen LogP contribution in [0, 0.1) is 0 Å². The fourth-order valence-electron chi connectivity index (χ4n) is 3.09. The van der Waals surface area contributed by atoms with Gasteiger partial charge in [-0.05, 0) is 43.9 Å². The molecule has 176 valence electrons. The van der Waals surface area contributed by atoms with Crippen molar-refractivity contribution in [2.75, 3.05) is 30.7 Å². The maximum absolute atomic E-state index is 11.5. The van der Waals surface area contributed by atoms with E-state index in [9.17, 15) is 9.90 Å². The number of nitrogens with two attached hydrogens (primary N) is 1. The first-order valence-corrected chi connectivity index (χ1v) is 11.2. The second-order valence-corrected chi connectivity index (χ2v) is 8.42. The molecule has 0 amide bonds. The molecule has 0 saturated heterocycles. The van der Waals surface area contributed by atoms with Crippen LogP contribution in [-0.2, 0) is 10.2 Å². The van der Waals surface area contributed by atoms with Crippen LogP contribution in [-0.4, -0.2) is 40.7 Å². The summed E-state index contributed by atoms with van der Waals surface area (Å²) in [6.07, 6.45) is 4.03. The van der Waals surface area contributed by atoms with Crippen LogP contribution in [0.15, 0.2) is 73.2 Å². The lowest BCUT2D eigenvalue weighted by molar-refractivity contribution is -0.142. The monoisotopic (exact) mass is 449 g/mol. The van der Waals surface area contributed by atoms with Gasteiger partial charge in [-0.15, -0.1) is 0 Å². The number of hydrogen-bond donors (Lipinski definition) is 4. The maximum atomic E-state index is 11.5. The smallest absolute Gasteiger partial charge is 0.313 e. The predicted molar refractivity (Wildman–Crippen MR) is 134 cm³/mol. The third kappa shape index (κ3) is 8.54. The van der Waals surface area contributed by atoms with Gasteiger partial charge in [0.25, 0.3) is 0 Å². The molecular weight excluding hydrogens is 414 g/mol. The number of nitrogens with zero attached hydrogens (tertiary/aromatic N) is 2. The van der Waals surface area contributed by atoms with Gasteiger partial charge in [0.1, 0.15) is 12.1 Å². The maximum Gasteiger partial charge on any atom is 0.313 e. The van der Waals surface area contributed by atoms with Gasteiger partial charge in [0.2, 0.25) is 0 Å². The summed E-state index contributed by atoms with van der Waals surface area (Å²) in [5, 5.41) is 16.1. The van der Waals surface area contributed by atoms with Crippen molar-refractivity contribution in [2.45, 2.75) is 38.5 Å². The Hall–Kier alpha value is -3.45. The SMILES string of the molecule is CC(CNCCCNc1cncnc1N)c1cccc(C(C)(C)C(=O)O)c1.c1ccccc1. The molecule has 0 aliphatic heterocycles. The van der Waals surface area contributed by atoms with Crippen LogP contribution in [0.2, 0.25) is 0 Å². The van der Waals surface area contributed by atoms with Gasteiger partial charge in [0.15, 0.2) is 0 Å². The number of carbonyl (C=O) groups is 1. The molecule has 0 radical (unpaired) electrons. The molecule has 7 heteroatoms. The lowest BCUT2D eigenvalue weighted by Crippen LogP contribution is -2.29. The molecule has 1 unspecified atom stereocenters. The molecule has 0 aliphatic rings. The van der Waals surface area contributed by atoms with E-state index in [0.29, 0.717) is 11.7 Å². The van der Waals surface area contributed by atoms with E-state index in [4.69, 9.17) is 5.73 Å². The minimum atomic E-state index is -0.891. The second-order valence-electron chi connectivity index (χ2n) is 8.42. The molecule has 1 aromatic heterocycles. The van der Waals surface area contributed by atoms with Crippen molar-refractivity contribution in [2.24, 2.45) is 0 Å². The van der Waals surface area contributed by atoms with Gasteiger partial charge in [0, 0.05) is 13.1 Å². The summed E-state index contributed by atoms with van der Waals surface area (Å²) in [6.45, 7) is 8.07. The van der Waals surface area contributed by atoms with Gasteiger partial charge in [-0.2, -0.15) is 0 Å². The zero-order valence-corrected chi connectivity index (χ0v) is 19.7. The zero-order valence-electron chi connectivity index (χ0n) is 19.7. The number of anilines is 2. The molecule has 0 spiro atoms. The van der Waals surface area contributed by atoms with Gasteiger partial charge in [0.05, 0.1) is 17.3 Å². The van der Waals surface area contributed by atoms with E-state index in [1.807, 2.05) is 60.7 Å². The molecule has 0 saturated carbocycles. The van der Waals surface area contributed by atoms with Gasteiger partial charge in [-0.25, -0.2) is 9.97 Å². The highest BCUT2D eigenvalue weighted by Gasteiger charge is 2.29. The summed E-state index contributed by atoms with van der Waals surface area (Å²) in [6, 6.07) is 19.9. The third-order valence-corrected chi connectivity index (χ3v) is 5.42. The molecule has 5 N–H and O–H groups in total. The van der Waals surface area contributed by atoms with Crippen LogP contribution in [0.5, 0.6) is 0 Å². The molecule has 1 heterocycles. The van der Waals surface area contributed by atoms with Gasteiger partial charge < -0.3 is 21.5 Å². The minimum absolute atomic E-state index is 0.292. The van der Waals surface area contributed by atoms with E-state index in [1.54, 1.807) is 20.0 Å².